The van der Waals surface area contributed by atoms with Crippen molar-refractivity contribution < 1.29 is 107 Å². The van der Waals surface area contributed by atoms with Gasteiger partial charge < -0.3 is 86.2 Å². The highest BCUT2D eigenvalue weighted by Crippen LogP contribution is 2.38. The first kappa shape index (κ1) is 85.2. The molecule has 0 saturated carbocycles. The molecule has 6 aliphatic rings. The molecule has 98 heavy (non-hydrogen) atoms. The summed E-state index contributed by atoms with van der Waals surface area (Å²) in [7, 11) is 0. The summed E-state index contributed by atoms with van der Waals surface area (Å²) in [6.07, 6.45) is -3.82. The third-order valence-corrected chi connectivity index (χ3v) is 20.1. The third kappa shape index (κ3) is 28.3. The Hall–Kier alpha value is -6.98. The van der Waals surface area contributed by atoms with Gasteiger partial charge in [-0.1, -0.05) is 24.3 Å². The molecule has 8 rings (SSSR count). The number of carbonyl (C=O) groups is 11. The molecule has 0 bridgehead atoms. The Kier molecular flexibility index (Phi) is 39.1. The number of aliphatic carboxylic acids is 4. The summed E-state index contributed by atoms with van der Waals surface area (Å²) in [6.45, 7) is 11.3. The van der Waals surface area contributed by atoms with Crippen molar-refractivity contribution in [2.24, 2.45) is 5.92 Å². The number of aliphatic hydroxyl groups excluding tert-OH is 4. The van der Waals surface area contributed by atoms with E-state index in [1.54, 1.807) is 41.5 Å². The number of thioether (sulfide) groups is 2. The minimum absolute atomic E-state index is 0.00122. The summed E-state index contributed by atoms with van der Waals surface area (Å²) in [5.41, 5.74) is 2.57. The smallest absolute Gasteiger partial charge is 0.471 e. The van der Waals surface area contributed by atoms with Crippen molar-refractivity contribution in [1.82, 2.24) is 55.1 Å². The van der Waals surface area contributed by atoms with Gasteiger partial charge in [-0.25, -0.2) is 4.79 Å². The van der Waals surface area contributed by atoms with Crippen LogP contribution in [0.2, 0.25) is 0 Å². The molecular weight excluding hydrogens is 1340 g/mol. The predicted molar refractivity (Wildman–Crippen MR) is 356 cm³/mol. The Morgan fingerprint density at radius 3 is 1.33 bits per heavy atom. The number of nitrogens with one attached hydrogen (secondary N) is 4. The van der Waals surface area contributed by atoms with Gasteiger partial charge in [-0.15, -0.1) is 0 Å². The molecule has 0 aromatic heterocycles. The monoisotopic (exact) mass is 1430 g/mol. The van der Waals surface area contributed by atoms with Crippen molar-refractivity contribution in [1.29, 1.82) is 0 Å². The highest BCUT2D eigenvalue weighted by Gasteiger charge is 2.48. The zero-order chi connectivity index (χ0) is 73.1. The Balaban J connectivity index is 0.000000466. The van der Waals surface area contributed by atoms with Crippen molar-refractivity contribution >= 4 is 104 Å². The van der Waals surface area contributed by atoms with Gasteiger partial charge in [-0.05, 0) is 59.9 Å². The molecule has 6 aliphatic heterocycles. The van der Waals surface area contributed by atoms with E-state index >= 15 is 0 Å². The molecule has 0 aliphatic carbocycles. The van der Waals surface area contributed by atoms with E-state index < -0.39 is 59.3 Å². The van der Waals surface area contributed by atoms with E-state index in [0.29, 0.717) is 106 Å². The lowest BCUT2D eigenvalue weighted by molar-refractivity contribution is -0.170. The van der Waals surface area contributed by atoms with Crippen LogP contribution in [-0.2, 0) is 60.8 Å². The molecule has 12 N–H and O–H groups in total. The molecule has 32 nitrogen and oxygen atoms in total. The molecule has 6 fully saturated rings. The van der Waals surface area contributed by atoms with E-state index in [-0.39, 0.29) is 122 Å². The van der Waals surface area contributed by atoms with Gasteiger partial charge in [0.05, 0.1) is 65.2 Å². The number of carboxylic acids is 4. The van der Waals surface area contributed by atoms with Gasteiger partial charge in [-0.2, -0.15) is 36.7 Å². The first-order valence-corrected chi connectivity index (χ1v) is 33.3. The van der Waals surface area contributed by atoms with Crippen LogP contribution in [0.1, 0.15) is 17.5 Å². The third-order valence-electron chi connectivity index (χ3n) is 17.2. The maximum Gasteiger partial charge on any atom is 0.471 e. The van der Waals surface area contributed by atoms with E-state index in [1.807, 2.05) is 73.0 Å². The minimum atomic E-state index is -5.15. The number of aliphatic hydroxyl groups is 4. The average Bonchev–Trinajstić information content (AvgIpc) is 1.64. The normalized spacial score (nSPS) is 24.2. The molecule has 2 aromatic rings. The zero-order valence-corrected chi connectivity index (χ0v) is 56.2. The summed E-state index contributed by atoms with van der Waals surface area (Å²) < 4.78 is 41.2. The second-order valence-corrected chi connectivity index (χ2v) is 26.0. The predicted octanol–water partition coefficient (Wildman–Crippen LogP) is -2.87. The van der Waals surface area contributed by atoms with Crippen LogP contribution in [0.15, 0.2) is 48.5 Å². The van der Waals surface area contributed by atoms with Crippen LogP contribution in [0.25, 0.3) is 0 Å². The summed E-state index contributed by atoms with van der Waals surface area (Å²) in [4.78, 5) is 130. The van der Waals surface area contributed by atoms with Crippen LogP contribution in [0.3, 0.4) is 0 Å². The van der Waals surface area contributed by atoms with Crippen LogP contribution < -0.4 is 26.2 Å². The highest BCUT2D eigenvalue weighted by molar-refractivity contribution is 8.00. The Labute approximate surface area is 574 Å². The average molecular weight is 1430 g/mol. The lowest BCUT2D eigenvalue weighted by Gasteiger charge is -2.37. The Morgan fingerprint density at radius 2 is 0.918 bits per heavy atom. The van der Waals surface area contributed by atoms with Gasteiger partial charge in [0.25, 0.3) is 0 Å². The second kappa shape index (κ2) is 44.9. The lowest BCUT2D eigenvalue weighted by Crippen LogP contribution is -2.53. The maximum atomic E-state index is 13.7. The van der Waals surface area contributed by atoms with Crippen LogP contribution in [0.4, 0.5) is 29.3 Å². The molecule has 2 aromatic carbocycles. The molecule has 0 spiro atoms. The fourth-order valence-electron chi connectivity index (χ4n) is 12.2. The van der Waals surface area contributed by atoms with E-state index in [9.17, 15) is 87.6 Å². The molecule has 0 radical (unpaired) electrons. The van der Waals surface area contributed by atoms with Crippen molar-refractivity contribution in [3.63, 3.8) is 0 Å². The Bertz CT molecular complexity index is 2760. The quantitative estimate of drug-likeness (QED) is 0.0527. The minimum Gasteiger partial charge on any atom is -0.480 e. The van der Waals surface area contributed by atoms with Crippen molar-refractivity contribution in [2.45, 2.75) is 66.1 Å². The van der Waals surface area contributed by atoms with Gasteiger partial charge >= 0.3 is 42.0 Å². The van der Waals surface area contributed by atoms with E-state index in [2.05, 4.69) is 21.3 Å². The molecular formula is C61H94F3N13O19S2. The molecule has 8 atom stereocenters. The number of benzene rings is 2. The van der Waals surface area contributed by atoms with Gasteiger partial charge in [-0.3, -0.25) is 68.0 Å². The summed E-state index contributed by atoms with van der Waals surface area (Å²) >= 11 is 3.25. The van der Waals surface area contributed by atoms with Crippen molar-refractivity contribution in [2.75, 3.05) is 180 Å². The van der Waals surface area contributed by atoms with E-state index in [1.165, 1.54) is 23.9 Å². The molecule has 6 saturated heterocycles. The van der Waals surface area contributed by atoms with Gasteiger partial charge in [0, 0.05) is 157 Å². The first-order valence-electron chi connectivity index (χ1n) is 31.2. The number of carboxylic acid groups (broad SMARTS) is 4. The number of amides is 4. The summed E-state index contributed by atoms with van der Waals surface area (Å²) in [5.74, 6) is -4.15. The zero-order valence-electron chi connectivity index (χ0n) is 54.6. The molecule has 550 valence electrons. The topological polar surface area (TPSA) is 427 Å². The molecule has 4 amide bonds. The molecule has 8 unspecified atom stereocenters. The second-order valence-electron chi connectivity index (χ2n) is 23.4. The van der Waals surface area contributed by atoms with E-state index in [4.69, 9.17) is 19.2 Å². The number of hydrogen-bond donors (Lipinski definition) is 12. The number of fused-ring (bicyclic) bond motifs is 2. The number of urea groups is 1. The van der Waals surface area contributed by atoms with Crippen LogP contribution in [-0.4, -0.2) is 365 Å². The highest BCUT2D eigenvalue weighted by atomic mass is 32.2. The Morgan fingerprint density at radius 1 is 0.520 bits per heavy atom. The maximum absolute atomic E-state index is 13.7. The van der Waals surface area contributed by atoms with Crippen LogP contribution in [0, 0.1) is 5.92 Å². The van der Waals surface area contributed by atoms with Crippen molar-refractivity contribution in [3.05, 3.63) is 59.7 Å². The SMILES string of the molecule is C=O.C=O.C=O.C=O.O=C(O)CN1CCN(CO)CCN(CO)CCN(CC(=O)O)C(Cc2ccc(N(CC3SCC4NC(=O)NC43)C(=O)C(F)(F)F)cc2)C1.O=C(O)CN1CCN(CO)CCN(CO)CCN(CC(=O)O)C(Cc2ccc(NCC3SCC4CC(=O)NC43)cc2)C1. The molecule has 6 heterocycles. The standard InChI is InChI=1S/C29H42F3N7O8S.C28H44N6O7S.4CH2O/c30-29(31,32)27(46)39(13-23-26-22(16-48-23)33-28(47)34-26)20-3-1-19(2-4-20)11-21-12-37(14-24(42)43)8-7-35(17-40)5-6-36(18-41)9-10-38(21)15-25(44)45;35-18-31-5-6-32(19-36)9-10-34(16-27(40)41)23(14-33(8-7-31)15-26(38)39)11-20-1-3-22(4-2-20)29-13-24-28-21(17-42-24)12-25(37)30-28;4*1-2/h1-4,21-23,26,40-41H,5-18H2,(H,42,43)(H,44,45)(H2,33,34,47);1-4,21,23-24,28-29,35-36H,5-19H2,(H,30,37)(H,38,39)(H,40,41);4*1H2. The largest absolute Gasteiger partial charge is 0.480 e. The number of carbonyl (C=O) groups excluding carboxylic acids is 7. The van der Waals surface area contributed by atoms with Crippen molar-refractivity contribution in [3.8, 4) is 0 Å². The summed E-state index contributed by atoms with van der Waals surface area (Å²) in [5, 5.41) is 89.9. The number of anilines is 2. The van der Waals surface area contributed by atoms with E-state index in [0.717, 1.165) is 23.5 Å². The van der Waals surface area contributed by atoms with Gasteiger partial charge in [0.2, 0.25) is 5.91 Å². The number of rotatable bonds is 22. The van der Waals surface area contributed by atoms with Gasteiger partial charge in [0.15, 0.2) is 0 Å². The fourth-order valence-corrected chi connectivity index (χ4v) is 15.2. The fraction of sp³-hybridized carbons (Fsp3) is 0.623. The number of halogens is 3. The lowest BCUT2D eigenvalue weighted by atomic mass is 10.0. The van der Waals surface area contributed by atoms with Gasteiger partial charge in [0.1, 0.15) is 27.2 Å². The van der Waals surface area contributed by atoms with Crippen LogP contribution in [0.5, 0.6) is 0 Å². The number of nitrogens with zero attached hydrogens (tertiary/aromatic N) is 9. The summed E-state index contributed by atoms with van der Waals surface area (Å²) in [6, 6.07) is 12.2. The number of hydrogen-bond acceptors (Lipinski definition) is 26. The first-order chi connectivity index (χ1) is 47.0. The number of alkyl halides is 3. The van der Waals surface area contributed by atoms with Crippen LogP contribution >= 0.6 is 23.5 Å². The molecule has 37 heteroatoms.